The number of nitrogens with zero attached hydrogens (tertiary/aromatic N) is 1. The van der Waals surface area contributed by atoms with Gasteiger partial charge >= 0.3 is 5.97 Å². The number of benzene rings is 2. The van der Waals surface area contributed by atoms with Crippen LogP contribution in [0.15, 0.2) is 48.5 Å². The van der Waals surface area contributed by atoms with Crippen LogP contribution < -0.4 is 10.6 Å². The molecule has 0 radical (unpaired) electrons. The number of carbonyl (C=O) groups is 3. The number of nitro groups is 1. The summed E-state index contributed by atoms with van der Waals surface area (Å²) in [6, 6.07) is 11.5. The van der Waals surface area contributed by atoms with Crippen molar-refractivity contribution in [2.75, 3.05) is 17.2 Å². The molecule has 0 aliphatic carbocycles. The van der Waals surface area contributed by atoms with Gasteiger partial charge in [0.05, 0.1) is 10.5 Å². The molecule has 2 aromatic carbocycles. The molecular weight excluding hydrogens is 342 g/mol. The molecule has 2 N–H and O–H groups in total. The molecule has 2 amide bonds. The van der Waals surface area contributed by atoms with E-state index in [1.807, 2.05) is 0 Å². The van der Waals surface area contributed by atoms with Crippen molar-refractivity contribution >= 4 is 34.8 Å². The highest BCUT2D eigenvalue weighted by Gasteiger charge is 2.16. The van der Waals surface area contributed by atoms with Gasteiger partial charge in [-0.2, -0.15) is 0 Å². The summed E-state index contributed by atoms with van der Waals surface area (Å²) in [5.41, 5.74) is 0.458. The molecular formula is C17H15N3O6. The Morgan fingerprint density at radius 1 is 1.04 bits per heavy atom. The number of anilines is 2. The van der Waals surface area contributed by atoms with Crippen LogP contribution in [0.3, 0.4) is 0 Å². The fourth-order valence-electron chi connectivity index (χ4n) is 2.03. The fraction of sp³-hybridized carbons (Fsp3) is 0.118. The van der Waals surface area contributed by atoms with Crippen molar-refractivity contribution in [3.8, 4) is 0 Å². The first-order valence-electron chi connectivity index (χ1n) is 7.45. The highest BCUT2D eigenvalue weighted by atomic mass is 16.6. The molecule has 2 rings (SSSR count). The number of para-hydroxylation sites is 2. The molecule has 0 aliphatic rings. The van der Waals surface area contributed by atoms with Gasteiger partial charge in [-0.1, -0.05) is 12.1 Å². The monoisotopic (exact) mass is 357 g/mol. The third kappa shape index (κ3) is 5.13. The zero-order valence-corrected chi connectivity index (χ0v) is 13.7. The minimum absolute atomic E-state index is 0.0122. The standard InChI is InChI=1S/C17H15N3O6/c1-11(21)18-13-8-6-12(7-9-13)17(23)26-10-16(22)19-14-4-2-3-5-15(14)20(24)25/h2-9H,10H2,1H3,(H,18,21)(H,19,22). The van der Waals surface area contributed by atoms with E-state index in [0.717, 1.165) is 0 Å². The van der Waals surface area contributed by atoms with Gasteiger partial charge in [-0.15, -0.1) is 0 Å². The normalized spacial score (nSPS) is 9.88. The molecule has 26 heavy (non-hydrogen) atoms. The summed E-state index contributed by atoms with van der Waals surface area (Å²) in [6.07, 6.45) is 0. The average Bonchev–Trinajstić information content (AvgIpc) is 2.60. The van der Waals surface area contributed by atoms with Crippen molar-refractivity contribution in [1.29, 1.82) is 0 Å². The van der Waals surface area contributed by atoms with E-state index < -0.39 is 23.4 Å². The zero-order valence-electron chi connectivity index (χ0n) is 13.7. The van der Waals surface area contributed by atoms with Gasteiger partial charge in [0, 0.05) is 18.7 Å². The molecule has 9 nitrogen and oxygen atoms in total. The summed E-state index contributed by atoms with van der Waals surface area (Å²) in [7, 11) is 0. The van der Waals surface area contributed by atoms with Crippen LogP contribution in [0, 0.1) is 10.1 Å². The minimum Gasteiger partial charge on any atom is -0.452 e. The number of amides is 2. The Hall–Kier alpha value is -3.75. The highest BCUT2D eigenvalue weighted by molar-refractivity contribution is 5.97. The van der Waals surface area contributed by atoms with Crippen LogP contribution >= 0.6 is 0 Å². The van der Waals surface area contributed by atoms with Gasteiger partial charge in [0.15, 0.2) is 6.61 Å². The lowest BCUT2D eigenvalue weighted by atomic mass is 10.2. The number of carbonyl (C=O) groups excluding carboxylic acids is 3. The van der Waals surface area contributed by atoms with Crippen LogP contribution in [0.2, 0.25) is 0 Å². The maximum Gasteiger partial charge on any atom is 0.338 e. The first-order valence-corrected chi connectivity index (χ1v) is 7.45. The molecule has 0 saturated carbocycles. The van der Waals surface area contributed by atoms with E-state index in [2.05, 4.69) is 10.6 Å². The highest BCUT2D eigenvalue weighted by Crippen LogP contribution is 2.22. The van der Waals surface area contributed by atoms with Gasteiger partial charge in [0.25, 0.3) is 11.6 Å². The van der Waals surface area contributed by atoms with E-state index in [1.165, 1.54) is 55.5 Å². The van der Waals surface area contributed by atoms with E-state index >= 15 is 0 Å². The van der Waals surface area contributed by atoms with Gasteiger partial charge in [0.1, 0.15) is 5.69 Å². The van der Waals surface area contributed by atoms with Crippen LogP contribution in [0.25, 0.3) is 0 Å². The maximum absolute atomic E-state index is 11.9. The Morgan fingerprint density at radius 3 is 2.31 bits per heavy atom. The van der Waals surface area contributed by atoms with E-state index in [-0.39, 0.29) is 22.8 Å². The lowest BCUT2D eigenvalue weighted by Gasteiger charge is -2.07. The summed E-state index contributed by atoms with van der Waals surface area (Å²) in [5.74, 6) is -1.69. The second-order valence-corrected chi connectivity index (χ2v) is 5.16. The molecule has 0 aromatic heterocycles. The fourth-order valence-corrected chi connectivity index (χ4v) is 2.03. The molecule has 0 aliphatic heterocycles. The molecule has 9 heteroatoms. The second kappa shape index (κ2) is 8.38. The number of rotatable bonds is 6. The van der Waals surface area contributed by atoms with Crippen molar-refractivity contribution in [1.82, 2.24) is 0 Å². The van der Waals surface area contributed by atoms with Gasteiger partial charge in [-0.25, -0.2) is 4.79 Å². The van der Waals surface area contributed by atoms with Crippen molar-refractivity contribution in [3.63, 3.8) is 0 Å². The van der Waals surface area contributed by atoms with Gasteiger partial charge in [-0.05, 0) is 30.3 Å². The summed E-state index contributed by atoms with van der Waals surface area (Å²) < 4.78 is 4.88. The van der Waals surface area contributed by atoms with Crippen LogP contribution in [-0.2, 0) is 14.3 Å². The van der Waals surface area contributed by atoms with Crippen LogP contribution in [0.5, 0.6) is 0 Å². The molecule has 0 unspecified atom stereocenters. The van der Waals surface area contributed by atoms with Crippen molar-refractivity contribution in [2.45, 2.75) is 6.92 Å². The van der Waals surface area contributed by atoms with Crippen LogP contribution in [-0.4, -0.2) is 29.3 Å². The first-order chi connectivity index (χ1) is 12.4. The number of esters is 1. The summed E-state index contributed by atoms with van der Waals surface area (Å²) in [4.78, 5) is 45.0. The predicted octanol–water partition coefficient (Wildman–Crippen LogP) is 2.35. The Bertz CT molecular complexity index is 848. The third-order valence-corrected chi connectivity index (χ3v) is 3.15. The molecule has 0 heterocycles. The summed E-state index contributed by atoms with van der Waals surface area (Å²) in [5, 5.41) is 15.8. The summed E-state index contributed by atoms with van der Waals surface area (Å²) in [6.45, 7) is 0.760. The van der Waals surface area contributed by atoms with Crippen molar-refractivity contribution in [3.05, 3.63) is 64.2 Å². The zero-order chi connectivity index (χ0) is 19.1. The number of ether oxygens (including phenoxy) is 1. The quantitative estimate of drug-likeness (QED) is 0.464. The van der Waals surface area contributed by atoms with Crippen LogP contribution in [0.4, 0.5) is 17.1 Å². The SMILES string of the molecule is CC(=O)Nc1ccc(C(=O)OCC(=O)Nc2ccccc2[N+](=O)[O-])cc1. The Balaban J connectivity index is 1.92. The smallest absolute Gasteiger partial charge is 0.338 e. The van der Waals surface area contributed by atoms with E-state index in [4.69, 9.17) is 4.74 Å². The number of nitro benzene ring substituents is 1. The summed E-state index contributed by atoms with van der Waals surface area (Å²) >= 11 is 0. The molecule has 0 spiro atoms. The molecule has 2 aromatic rings. The molecule has 0 bridgehead atoms. The molecule has 0 saturated heterocycles. The Morgan fingerprint density at radius 2 is 1.69 bits per heavy atom. The number of nitrogens with one attached hydrogen (secondary N) is 2. The number of hydrogen-bond donors (Lipinski definition) is 2. The predicted molar refractivity (Wildman–Crippen MR) is 92.8 cm³/mol. The Kier molecular flexibility index (Phi) is 5.99. The third-order valence-electron chi connectivity index (χ3n) is 3.15. The first kappa shape index (κ1) is 18.6. The van der Waals surface area contributed by atoms with Crippen LogP contribution in [0.1, 0.15) is 17.3 Å². The van der Waals surface area contributed by atoms with Gasteiger partial charge < -0.3 is 15.4 Å². The molecule has 0 atom stereocenters. The lowest BCUT2D eigenvalue weighted by Crippen LogP contribution is -2.21. The van der Waals surface area contributed by atoms with Gasteiger partial charge in [-0.3, -0.25) is 19.7 Å². The van der Waals surface area contributed by atoms with Gasteiger partial charge in [0.2, 0.25) is 5.91 Å². The Labute approximate surface area is 148 Å². The maximum atomic E-state index is 11.9. The average molecular weight is 357 g/mol. The molecule has 0 fully saturated rings. The second-order valence-electron chi connectivity index (χ2n) is 5.16. The topological polar surface area (TPSA) is 128 Å². The largest absolute Gasteiger partial charge is 0.452 e. The minimum atomic E-state index is -0.739. The van der Waals surface area contributed by atoms with Crippen molar-refractivity contribution in [2.24, 2.45) is 0 Å². The van der Waals surface area contributed by atoms with Crippen molar-refractivity contribution < 1.29 is 24.0 Å². The lowest BCUT2D eigenvalue weighted by molar-refractivity contribution is -0.383. The van der Waals surface area contributed by atoms with E-state index in [9.17, 15) is 24.5 Å². The van der Waals surface area contributed by atoms with E-state index in [1.54, 1.807) is 0 Å². The molecule has 134 valence electrons. The number of hydrogen-bond acceptors (Lipinski definition) is 6. The van der Waals surface area contributed by atoms with E-state index in [0.29, 0.717) is 5.69 Å².